The van der Waals surface area contributed by atoms with Crippen LogP contribution >= 0.6 is 0 Å². The van der Waals surface area contributed by atoms with Crippen LogP contribution in [0.15, 0.2) is 24.3 Å². The minimum absolute atomic E-state index is 0.114. The number of piperazine rings is 1. The van der Waals surface area contributed by atoms with Gasteiger partial charge in [-0.2, -0.15) is 0 Å². The molecule has 108 valence electrons. The van der Waals surface area contributed by atoms with Crippen LogP contribution in [0.3, 0.4) is 0 Å². The number of nitrogens with one attached hydrogen (secondary N) is 1. The molecule has 4 nitrogen and oxygen atoms in total. The van der Waals surface area contributed by atoms with E-state index in [1.165, 1.54) is 10.5 Å². The first-order chi connectivity index (χ1) is 9.52. The van der Waals surface area contributed by atoms with Crippen LogP contribution in [0.5, 0.6) is 0 Å². The van der Waals surface area contributed by atoms with E-state index in [0.29, 0.717) is 18.9 Å². The van der Waals surface area contributed by atoms with E-state index in [9.17, 15) is 9.59 Å². The Labute approximate surface area is 120 Å². The van der Waals surface area contributed by atoms with Crippen LogP contribution in [-0.2, 0) is 16.1 Å². The lowest BCUT2D eigenvalue weighted by molar-refractivity contribution is -0.150. The van der Waals surface area contributed by atoms with Crippen molar-refractivity contribution >= 4 is 11.8 Å². The van der Waals surface area contributed by atoms with Gasteiger partial charge in [0, 0.05) is 0 Å². The number of hydrogen-bond acceptors (Lipinski definition) is 3. The quantitative estimate of drug-likeness (QED) is 0.855. The summed E-state index contributed by atoms with van der Waals surface area (Å²) in [6.07, 6.45) is 0.703. The monoisotopic (exact) mass is 274 g/mol. The molecule has 0 aliphatic carbocycles. The molecule has 2 amide bonds. The summed E-state index contributed by atoms with van der Waals surface area (Å²) in [5.41, 5.74) is 2.26. The van der Waals surface area contributed by atoms with Gasteiger partial charge < -0.3 is 0 Å². The van der Waals surface area contributed by atoms with Gasteiger partial charge in [-0.15, -0.1) is 0 Å². The number of carbonyl (C=O) groups excluding carboxylic acids is 2. The summed E-state index contributed by atoms with van der Waals surface area (Å²) >= 11 is 0. The molecule has 1 aliphatic rings. The van der Waals surface area contributed by atoms with Crippen LogP contribution in [0, 0.1) is 0 Å². The van der Waals surface area contributed by atoms with E-state index in [2.05, 4.69) is 31.3 Å². The van der Waals surface area contributed by atoms with E-state index in [1.54, 1.807) is 0 Å². The van der Waals surface area contributed by atoms with Crippen LogP contribution in [0.4, 0.5) is 0 Å². The Kier molecular flexibility index (Phi) is 4.55. The zero-order chi connectivity index (χ0) is 14.7. The van der Waals surface area contributed by atoms with Gasteiger partial charge in [-0.3, -0.25) is 19.8 Å². The Balaban J connectivity index is 2.11. The van der Waals surface area contributed by atoms with Crippen LogP contribution < -0.4 is 5.32 Å². The van der Waals surface area contributed by atoms with E-state index in [4.69, 9.17) is 0 Å². The molecule has 4 heteroatoms. The van der Waals surface area contributed by atoms with Crippen LogP contribution in [0.1, 0.15) is 44.2 Å². The molecule has 0 radical (unpaired) electrons. The van der Waals surface area contributed by atoms with Crippen molar-refractivity contribution < 1.29 is 9.59 Å². The van der Waals surface area contributed by atoms with Crippen LogP contribution in [-0.4, -0.2) is 29.3 Å². The van der Waals surface area contributed by atoms with E-state index < -0.39 is 0 Å². The zero-order valence-electron chi connectivity index (χ0n) is 12.3. The third-order valence-corrected chi connectivity index (χ3v) is 3.76. The van der Waals surface area contributed by atoms with Gasteiger partial charge in [-0.05, 0) is 23.5 Å². The number of nitrogens with zero attached hydrogens (tertiary/aromatic N) is 1. The highest BCUT2D eigenvalue weighted by molar-refractivity contribution is 6.01. The third-order valence-electron chi connectivity index (χ3n) is 3.76. The molecule has 1 atom stereocenters. The predicted octanol–water partition coefficient (Wildman–Crippen LogP) is 2.05. The highest BCUT2D eigenvalue weighted by Crippen LogP contribution is 2.17. The van der Waals surface area contributed by atoms with E-state index in [0.717, 1.165) is 5.56 Å². The lowest BCUT2D eigenvalue weighted by Gasteiger charge is -2.31. The van der Waals surface area contributed by atoms with Crippen molar-refractivity contribution in [3.05, 3.63) is 35.4 Å². The van der Waals surface area contributed by atoms with Gasteiger partial charge in [-0.1, -0.05) is 45.0 Å². The van der Waals surface area contributed by atoms with Crippen molar-refractivity contribution in [2.24, 2.45) is 0 Å². The smallest absolute Gasteiger partial charge is 0.246 e. The van der Waals surface area contributed by atoms with Gasteiger partial charge in [0.2, 0.25) is 11.8 Å². The maximum absolute atomic E-state index is 12.2. The van der Waals surface area contributed by atoms with Gasteiger partial charge in [0.05, 0.1) is 19.1 Å². The molecule has 1 heterocycles. The average Bonchev–Trinajstić information content (AvgIpc) is 2.44. The van der Waals surface area contributed by atoms with Gasteiger partial charge in [0.15, 0.2) is 0 Å². The summed E-state index contributed by atoms with van der Waals surface area (Å²) in [4.78, 5) is 25.4. The first-order valence-electron chi connectivity index (χ1n) is 7.19. The molecule has 0 saturated carbocycles. The fraction of sp³-hybridized carbons (Fsp3) is 0.500. The molecule has 1 saturated heterocycles. The molecule has 0 aromatic heterocycles. The lowest BCUT2D eigenvalue weighted by Crippen LogP contribution is -2.57. The molecule has 1 unspecified atom stereocenters. The van der Waals surface area contributed by atoms with Crippen molar-refractivity contribution in [1.29, 1.82) is 0 Å². The Morgan fingerprint density at radius 2 is 1.90 bits per heavy atom. The second kappa shape index (κ2) is 6.18. The van der Waals surface area contributed by atoms with E-state index >= 15 is 0 Å². The second-order valence-corrected chi connectivity index (χ2v) is 5.56. The molecular weight excluding hydrogens is 252 g/mol. The Bertz CT molecular complexity index is 494. The molecule has 2 rings (SSSR count). The van der Waals surface area contributed by atoms with Crippen molar-refractivity contribution in [1.82, 2.24) is 10.2 Å². The SMILES string of the molecule is CCC1NCC(=O)N(Cc2ccc(C(C)C)cc2)C1=O. The van der Waals surface area contributed by atoms with Gasteiger partial charge in [0.25, 0.3) is 0 Å². The Hall–Kier alpha value is -1.68. The van der Waals surface area contributed by atoms with Crippen molar-refractivity contribution in [3.63, 3.8) is 0 Å². The fourth-order valence-corrected chi connectivity index (χ4v) is 2.38. The molecule has 1 aromatic rings. The molecule has 1 aromatic carbocycles. The van der Waals surface area contributed by atoms with Gasteiger partial charge in [-0.25, -0.2) is 0 Å². The highest BCUT2D eigenvalue weighted by atomic mass is 16.2. The molecule has 1 N–H and O–H groups in total. The van der Waals surface area contributed by atoms with Crippen molar-refractivity contribution in [2.75, 3.05) is 6.54 Å². The molecule has 0 bridgehead atoms. The van der Waals surface area contributed by atoms with E-state index in [1.807, 2.05) is 19.1 Å². The minimum Gasteiger partial charge on any atom is -0.297 e. The molecular formula is C16H22N2O2. The van der Waals surface area contributed by atoms with Crippen molar-refractivity contribution in [2.45, 2.75) is 45.7 Å². The summed E-state index contributed by atoms with van der Waals surface area (Å²) in [5, 5.41) is 2.97. The summed E-state index contributed by atoms with van der Waals surface area (Å²) < 4.78 is 0. The summed E-state index contributed by atoms with van der Waals surface area (Å²) in [6, 6.07) is 7.89. The van der Waals surface area contributed by atoms with Crippen molar-refractivity contribution in [3.8, 4) is 0 Å². The van der Waals surface area contributed by atoms with Crippen LogP contribution in [0.2, 0.25) is 0 Å². The average molecular weight is 274 g/mol. The van der Waals surface area contributed by atoms with Crippen LogP contribution in [0.25, 0.3) is 0 Å². The van der Waals surface area contributed by atoms with E-state index in [-0.39, 0.29) is 24.4 Å². The predicted molar refractivity (Wildman–Crippen MR) is 78.2 cm³/mol. The Morgan fingerprint density at radius 3 is 2.45 bits per heavy atom. The molecule has 1 aliphatic heterocycles. The van der Waals surface area contributed by atoms with Gasteiger partial charge in [0.1, 0.15) is 0 Å². The van der Waals surface area contributed by atoms with Gasteiger partial charge >= 0.3 is 0 Å². The maximum atomic E-state index is 12.2. The normalized spacial score (nSPS) is 19.8. The summed E-state index contributed by atoms with van der Waals surface area (Å²) in [5.74, 6) is 0.222. The molecule has 20 heavy (non-hydrogen) atoms. The third kappa shape index (κ3) is 3.07. The topological polar surface area (TPSA) is 49.4 Å². The number of rotatable bonds is 4. The number of benzene rings is 1. The molecule has 1 fully saturated rings. The number of hydrogen-bond donors (Lipinski definition) is 1. The summed E-state index contributed by atoms with van der Waals surface area (Å²) in [7, 11) is 0. The standard InChI is InChI=1S/C16H22N2O2/c1-4-14-16(20)18(15(19)9-17-14)10-12-5-7-13(8-6-12)11(2)3/h5-8,11,14,17H,4,9-10H2,1-3H3. The number of amides is 2. The summed E-state index contributed by atoms with van der Waals surface area (Å²) in [6.45, 7) is 6.85. The number of imide groups is 1. The first kappa shape index (κ1) is 14.7. The second-order valence-electron chi connectivity index (χ2n) is 5.56. The maximum Gasteiger partial charge on any atom is 0.246 e. The number of carbonyl (C=O) groups is 2. The fourth-order valence-electron chi connectivity index (χ4n) is 2.38. The highest BCUT2D eigenvalue weighted by Gasteiger charge is 2.32. The minimum atomic E-state index is -0.234. The Morgan fingerprint density at radius 1 is 1.25 bits per heavy atom. The zero-order valence-corrected chi connectivity index (χ0v) is 12.3. The molecule has 0 spiro atoms. The lowest BCUT2D eigenvalue weighted by atomic mass is 10.0. The first-order valence-corrected chi connectivity index (χ1v) is 7.19. The largest absolute Gasteiger partial charge is 0.297 e.